The van der Waals surface area contributed by atoms with Gasteiger partial charge in [0.05, 0.1) is 11.7 Å². The van der Waals surface area contributed by atoms with E-state index in [4.69, 9.17) is 4.74 Å². The van der Waals surface area contributed by atoms with E-state index in [-0.39, 0.29) is 30.7 Å². The van der Waals surface area contributed by atoms with Crippen LogP contribution in [0, 0.1) is 0 Å². The van der Waals surface area contributed by atoms with Crippen LogP contribution in [0.25, 0.3) is 5.82 Å². The lowest BCUT2D eigenvalue weighted by molar-refractivity contribution is -0.135. The van der Waals surface area contributed by atoms with E-state index >= 15 is 0 Å². The van der Waals surface area contributed by atoms with Crippen molar-refractivity contribution in [3.05, 3.63) is 42.0 Å². The highest BCUT2D eigenvalue weighted by molar-refractivity contribution is 5.88. The number of amides is 2. The number of piperidine rings is 1. The van der Waals surface area contributed by atoms with Gasteiger partial charge in [-0.25, -0.2) is 14.6 Å². The molecule has 2 aromatic rings. The number of carbonyl (C=O) groups is 2. The van der Waals surface area contributed by atoms with Gasteiger partial charge in [-0.1, -0.05) is 6.07 Å². The molecule has 0 saturated carbocycles. The van der Waals surface area contributed by atoms with Gasteiger partial charge in [0, 0.05) is 44.5 Å². The van der Waals surface area contributed by atoms with Crippen molar-refractivity contribution in [2.45, 2.75) is 38.3 Å². The number of pyridine rings is 1. The Morgan fingerprint density at radius 3 is 2.69 bits per heavy atom. The largest absolute Gasteiger partial charge is 0.456 e. The van der Waals surface area contributed by atoms with E-state index in [1.165, 1.54) is 22.6 Å². The number of tetrazole rings is 1. The van der Waals surface area contributed by atoms with E-state index in [0.717, 1.165) is 38.9 Å². The molecule has 11 nitrogen and oxygen atoms in total. The van der Waals surface area contributed by atoms with Crippen molar-refractivity contribution in [3.63, 3.8) is 0 Å². The molecule has 0 radical (unpaired) electrons. The van der Waals surface area contributed by atoms with Crippen LogP contribution in [0.4, 0.5) is 4.79 Å². The maximum absolute atomic E-state index is 13.0. The molecular formula is C21H26N8O3. The smallest absolute Gasteiger partial charge is 0.333 e. The summed E-state index contributed by atoms with van der Waals surface area (Å²) in [5.74, 6) is 0.328. The molecule has 3 aliphatic heterocycles. The van der Waals surface area contributed by atoms with Crippen molar-refractivity contribution in [1.29, 1.82) is 0 Å². The highest BCUT2D eigenvalue weighted by Gasteiger charge is 2.42. The summed E-state index contributed by atoms with van der Waals surface area (Å²) in [7, 11) is 0. The average molecular weight is 438 g/mol. The van der Waals surface area contributed by atoms with Crippen molar-refractivity contribution in [3.8, 4) is 5.82 Å². The summed E-state index contributed by atoms with van der Waals surface area (Å²) in [4.78, 5) is 35.0. The molecule has 0 aliphatic carbocycles. The Morgan fingerprint density at radius 2 is 2.03 bits per heavy atom. The predicted molar refractivity (Wildman–Crippen MR) is 113 cm³/mol. The molecule has 168 valence electrons. The lowest BCUT2D eigenvalue weighted by Crippen LogP contribution is -2.46. The van der Waals surface area contributed by atoms with Crippen LogP contribution in [0.1, 0.15) is 25.3 Å². The molecule has 1 atom stereocenters. The Hall–Kier alpha value is -3.34. The summed E-state index contributed by atoms with van der Waals surface area (Å²) in [6.07, 6.45) is 7.66. The topological polar surface area (TPSA) is 110 Å². The number of hydrogen-bond acceptors (Lipinski definition) is 8. The molecule has 0 bridgehead atoms. The number of carbonyl (C=O) groups excluding carboxylic acids is 2. The number of likely N-dealkylation sites (tertiary alicyclic amines) is 1. The molecule has 0 spiro atoms. The number of hydrogen-bond donors (Lipinski definition) is 0. The van der Waals surface area contributed by atoms with Crippen molar-refractivity contribution in [2.75, 3.05) is 32.8 Å². The van der Waals surface area contributed by atoms with Gasteiger partial charge < -0.3 is 14.5 Å². The molecule has 2 aromatic heterocycles. The van der Waals surface area contributed by atoms with Crippen molar-refractivity contribution < 1.29 is 14.3 Å². The quantitative estimate of drug-likeness (QED) is 0.604. The molecule has 3 aliphatic rings. The zero-order chi connectivity index (χ0) is 22.1. The fourth-order valence-corrected chi connectivity index (χ4v) is 4.69. The van der Waals surface area contributed by atoms with Gasteiger partial charge in [0.1, 0.15) is 12.9 Å². The number of ether oxygens (including phenoxy) is 1. The molecule has 1 unspecified atom stereocenters. The van der Waals surface area contributed by atoms with Crippen molar-refractivity contribution in [2.24, 2.45) is 0 Å². The first-order chi connectivity index (χ1) is 15.6. The van der Waals surface area contributed by atoms with Crippen LogP contribution in [-0.4, -0.2) is 96.8 Å². The zero-order valence-corrected chi connectivity index (χ0v) is 18.0. The average Bonchev–Trinajstić information content (AvgIpc) is 3.54. The van der Waals surface area contributed by atoms with Crippen molar-refractivity contribution >= 4 is 12.0 Å². The van der Waals surface area contributed by atoms with E-state index < -0.39 is 0 Å². The van der Waals surface area contributed by atoms with Crippen LogP contribution in [0.15, 0.2) is 36.4 Å². The molecule has 5 heterocycles. The fourth-order valence-electron chi connectivity index (χ4n) is 4.69. The van der Waals surface area contributed by atoms with E-state index in [0.29, 0.717) is 18.1 Å². The lowest BCUT2D eigenvalue weighted by atomic mass is 10.0. The molecule has 2 amide bonds. The Balaban J connectivity index is 1.11. The van der Waals surface area contributed by atoms with Gasteiger partial charge in [0.25, 0.3) is 0 Å². The Bertz CT molecular complexity index is 999. The predicted octanol–water partition coefficient (Wildman–Crippen LogP) is 0.631. The Morgan fingerprint density at radius 1 is 1.19 bits per heavy atom. The number of urea groups is 1. The summed E-state index contributed by atoms with van der Waals surface area (Å²) < 4.78 is 6.53. The Kier molecular flexibility index (Phi) is 5.56. The second-order valence-electron chi connectivity index (χ2n) is 8.50. The van der Waals surface area contributed by atoms with E-state index in [1.807, 2.05) is 24.1 Å². The number of aromatic nitrogens is 5. The van der Waals surface area contributed by atoms with Crippen LogP contribution in [0.3, 0.4) is 0 Å². The molecule has 32 heavy (non-hydrogen) atoms. The summed E-state index contributed by atoms with van der Waals surface area (Å²) in [5.41, 5.74) is 1.84. The van der Waals surface area contributed by atoms with Crippen LogP contribution < -0.4 is 0 Å². The monoisotopic (exact) mass is 438 g/mol. The summed E-state index contributed by atoms with van der Waals surface area (Å²) >= 11 is 0. The third-order valence-corrected chi connectivity index (χ3v) is 6.42. The second kappa shape index (κ2) is 8.65. The minimum atomic E-state index is -0.369. The number of rotatable bonds is 6. The zero-order valence-electron chi connectivity index (χ0n) is 18.0. The lowest BCUT2D eigenvalue weighted by Gasteiger charge is -2.36. The van der Waals surface area contributed by atoms with Gasteiger partial charge >= 0.3 is 12.0 Å². The van der Waals surface area contributed by atoms with Crippen LogP contribution in [-0.2, 0) is 16.0 Å². The fraction of sp³-hybridized carbons (Fsp3) is 0.524. The van der Waals surface area contributed by atoms with E-state index in [1.54, 1.807) is 4.90 Å². The van der Waals surface area contributed by atoms with E-state index in [9.17, 15) is 9.59 Å². The molecule has 0 aromatic carbocycles. The second-order valence-corrected chi connectivity index (χ2v) is 8.50. The molecule has 11 heteroatoms. The van der Waals surface area contributed by atoms with Gasteiger partial charge in [0.2, 0.25) is 0 Å². The molecule has 2 saturated heterocycles. The van der Waals surface area contributed by atoms with Gasteiger partial charge in [0.15, 0.2) is 5.82 Å². The van der Waals surface area contributed by atoms with Gasteiger partial charge in [-0.3, -0.25) is 4.90 Å². The maximum atomic E-state index is 13.0. The highest BCUT2D eigenvalue weighted by atomic mass is 16.5. The van der Waals surface area contributed by atoms with Crippen LogP contribution >= 0.6 is 0 Å². The summed E-state index contributed by atoms with van der Waals surface area (Å²) in [6, 6.07) is 4.26. The van der Waals surface area contributed by atoms with Crippen LogP contribution in [0.5, 0.6) is 0 Å². The number of nitrogens with zero attached hydrogens (tertiary/aromatic N) is 8. The normalized spacial score (nSPS) is 22.5. The number of esters is 1. The third-order valence-electron chi connectivity index (χ3n) is 6.42. The van der Waals surface area contributed by atoms with Gasteiger partial charge in [-0.05, 0) is 48.2 Å². The third kappa shape index (κ3) is 4.07. The van der Waals surface area contributed by atoms with E-state index in [2.05, 4.69) is 31.5 Å². The van der Waals surface area contributed by atoms with Crippen LogP contribution in [0.2, 0.25) is 0 Å². The first-order valence-corrected chi connectivity index (χ1v) is 11.0. The summed E-state index contributed by atoms with van der Waals surface area (Å²) in [6.45, 7) is 5.78. The first-order valence-electron chi connectivity index (χ1n) is 11.0. The molecular weight excluding hydrogens is 412 g/mol. The minimum Gasteiger partial charge on any atom is -0.456 e. The Labute approximate surface area is 185 Å². The van der Waals surface area contributed by atoms with Gasteiger partial charge in [-0.2, -0.15) is 4.68 Å². The highest BCUT2D eigenvalue weighted by Crippen LogP contribution is 2.28. The molecule has 5 rings (SSSR count). The number of cyclic esters (lactones) is 1. The van der Waals surface area contributed by atoms with Crippen molar-refractivity contribution in [1.82, 2.24) is 39.9 Å². The minimum absolute atomic E-state index is 0.00533. The summed E-state index contributed by atoms with van der Waals surface area (Å²) in [5, 5.41) is 11.1. The first kappa shape index (κ1) is 20.6. The SMILES string of the molecule is CC1CN(C2CCN(CCc3ccc(-n4cnnn4)nc3)CC2)C(=O)N1C1=CC(=O)OC1. The maximum Gasteiger partial charge on any atom is 0.333 e. The molecule has 0 N–H and O–H groups in total. The van der Waals surface area contributed by atoms with Gasteiger partial charge in [-0.15, -0.1) is 5.10 Å². The standard InChI is InChI=1S/C21H26N8O3/c1-15-12-27(21(31)29(15)18-10-20(30)32-13-18)17-5-8-26(9-6-17)7-4-16-2-3-19(22-11-16)28-14-23-24-25-28/h2-3,10-11,14-15,17H,4-9,12-13H2,1H3. The molecule has 2 fully saturated rings.